The summed E-state index contributed by atoms with van der Waals surface area (Å²) in [5.74, 6) is 0. The Morgan fingerprint density at radius 3 is 2.43 bits per heavy atom. The van der Waals surface area contributed by atoms with E-state index in [0.717, 1.165) is 24.2 Å². The minimum Gasteiger partial charge on any atom is -0.361 e. The molecule has 0 amide bonds. The number of aryl methyl sites for hydroxylation is 2. The van der Waals surface area contributed by atoms with Crippen LogP contribution in [0.25, 0.3) is 34.2 Å². The second-order valence-electron chi connectivity index (χ2n) is 7.54. The van der Waals surface area contributed by atoms with E-state index in [1.165, 1.54) is 33.2 Å². The van der Waals surface area contributed by atoms with Crippen molar-refractivity contribution in [2.45, 2.75) is 12.8 Å². The molecule has 146 valence electrons. The van der Waals surface area contributed by atoms with Gasteiger partial charge in [0, 0.05) is 17.4 Å². The molecule has 3 heteroatoms. The van der Waals surface area contributed by atoms with Gasteiger partial charge in [-0.05, 0) is 64.8 Å². The third-order valence-corrected chi connectivity index (χ3v) is 5.42. The fourth-order valence-corrected chi connectivity index (χ4v) is 3.72. The molecule has 0 spiro atoms. The van der Waals surface area contributed by atoms with E-state index in [1.807, 2.05) is 12.3 Å². The van der Waals surface area contributed by atoms with Crippen LogP contribution in [-0.4, -0.2) is 15.2 Å². The molecule has 0 atom stereocenters. The molecule has 3 nitrogen and oxygen atoms in total. The van der Waals surface area contributed by atoms with E-state index in [4.69, 9.17) is 0 Å². The summed E-state index contributed by atoms with van der Waals surface area (Å²) in [6.07, 6.45) is 8.08. The molecule has 5 rings (SSSR count). The summed E-state index contributed by atoms with van der Waals surface area (Å²) in [5.41, 5.74) is 8.26. The standard InChI is InChI=1S/C27H23N3/c1-2-4-22(5-3-1)23-11-6-20(7-12-23)9-14-25-19-26(30-29-25)15-10-21-8-13-24-16-17-28-27(24)18-21/h1-9,11-14,16-19,28H,10,15H2,(H,29,30)/b14-9+. The van der Waals surface area contributed by atoms with E-state index in [-0.39, 0.29) is 0 Å². The Kier molecular flexibility index (Phi) is 5.01. The molecule has 30 heavy (non-hydrogen) atoms. The third kappa shape index (κ3) is 4.11. The Morgan fingerprint density at radius 1 is 0.733 bits per heavy atom. The number of aromatic amines is 2. The second kappa shape index (κ2) is 8.26. The molecule has 0 aliphatic rings. The van der Waals surface area contributed by atoms with Crippen molar-refractivity contribution >= 4 is 23.1 Å². The lowest BCUT2D eigenvalue weighted by Gasteiger charge is -2.01. The normalized spacial score (nSPS) is 11.5. The maximum Gasteiger partial charge on any atom is 0.0851 e. The fourth-order valence-electron chi connectivity index (χ4n) is 3.72. The first kappa shape index (κ1) is 18.2. The van der Waals surface area contributed by atoms with Gasteiger partial charge in [0.1, 0.15) is 0 Å². The van der Waals surface area contributed by atoms with E-state index >= 15 is 0 Å². The Balaban J connectivity index is 1.21. The smallest absolute Gasteiger partial charge is 0.0851 e. The van der Waals surface area contributed by atoms with E-state index in [2.05, 4.69) is 106 Å². The highest BCUT2D eigenvalue weighted by Crippen LogP contribution is 2.20. The highest BCUT2D eigenvalue weighted by atomic mass is 15.1. The Bertz CT molecular complexity index is 1270. The minimum atomic E-state index is 0.943. The third-order valence-electron chi connectivity index (χ3n) is 5.42. The van der Waals surface area contributed by atoms with Gasteiger partial charge in [-0.25, -0.2) is 0 Å². The summed E-state index contributed by atoms with van der Waals surface area (Å²) in [7, 11) is 0. The van der Waals surface area contributed by atoms with Crippen molar-refractivity contribution in [1.82, 2.24) is 15.2 Å². The van der Waals surface area contributed by atoms with Gasteiger partial charge in [0.2, 0.25) is 0 Å². The van der Waals surface area contributed by atoms with Gasteiger partial charge in [0.15, 0.2) is 0 Å². The molecule has 0 saturated carbocycles. The predicted octanol–water partition coefficient (Wildman–Crippen LogP) is 6.51. The number of hydrogen-bond donors (Lipinski definition) is 2. The molecule has 0 bridgehead atoms. The number of nitrogens with one attached hydrogen (secondary N) is 2. The Morgan fingerprint density at radius 2 is 1.57 bits per heavy atom. The molecule has 0 radical (unpaired) electrons. The first-order chi connectivity index (χ1) is 14.8. The van der Waals surface area contributed by atoms with Crippen molar-refractivity contribution in [2.24, 2.45) is 0 Å². The van der Waals surface area contributed by atoms with Gasteiger partial charge in [-0.1, -0.05) is 72.8 Å². The zero-order valence-corrected chi connectivity index (χ0v) is 16.7. The quantitative estimate of drug-likeness (QED) is 0.341. The summed E-state index contributed by atoms with van der Waals surface area (Å²) in [6, 6.07) is 29.9. The molecule has 0 fully saturated rings. The minimum absolute atomic E-state index is 0.943. The average Bonchev–Trinajstić information content (AvgIpc) is 3.46. The zero-order chi connectivity index (χ0) is 20.2. The van der Waals surface area contributed by atoms with Crippen LogP contribution in [0.15, 0.2) is 91.1 Å². The largest absolute Gasteiger partial charge is 0.361 e. The highest BCUT2D eigenvalue weighted by Gasteiger charge is 2.02. The number of benzene rings is 3. The van der Waals surface area contributed by atoms with Gasteiger partial charge in [0.05, 0.1) is 5.69 Å². The average molecular weight is 390 g/mol. The van der Waals surface area contributed by atoms with Crippen molar-refractivity contribution in [1.29, 1.82) is 0 Å². The van der Waals surface area contributed by atoms with Crippen LogP contribution in [0.3, 0.4) is 0 Å². The number of hydrogen-bond acceptors (Lipinski definition) is 1. The molecule has 2 N–H and O–H groups in total. The molecule has 2 heterocycles. The van der Waals surface area contributed by atoms with Gasteiger partial charge < -0.3 is 4.98 Å². The van der Waals surface area contributed by atoms with Crippen LogP contribution in [-0.2, 0) is 12.8 Å². The fraction of sp³-hybridized carbons (Fsp3) is 0.0741. The van der Waals surface area contributed by atoms with Crippen LogP contribution in [0.2, 0.25) is 0 Å². The topological polar surface area (TPSA) is 44.5 Å². The monoisotopic (exact) mass is 389 g/mol. The van der Waals surface area contributed by atoms with Crippen LogP contribution in [0.5, 0.6) is 0 Å². The molecular weight excluding hydrogens is 366 g/mol. The van der Waals surface area contributed by atoms with E-state index in [0.29, 0.717) is 0 Å². The number of H-pyrrole nitrogens is 2. The molecule has 0 aliphatic carbocycles. The summed E-state index contributed by atoms with van der Waals surface area (Å²) in [5, 5.41) is 8.85. The maximum absolute atomic E-state index is 4.43. The molecule has 0 aliphatic heterocycles. The molecule has 0 unspecified atom stereocenters. The summed E-state index contributed by atoms with van der Waals surface area (Å²) in [6.45, 7) is 0. The first-order valence-electron chi connectivity index (χ1n) is 10.3. The number of nitrogens with zero attached hydrogens (tertiary/aromatic N) is 1. The van der Waals surface area contributed by atoms with Gasteiger partial charge >= 0.3 is 0 Å². The van der Waals surface area contributed by atoms with E-state index in [1.54, 1.807) is 0 Å². The number of fused-ring (bicyclic) bond motifs is 1. The van der Waals surface area contributed by atoms with Crippen molar-refractivity contribution in [2.75, 3.05) is 0 Å². The van der Waals surface area contributed by atoms with Crippen molar-refractivity contribution in [3.63, 3.8) is 0 Å². The lowest BCUT2D eigenvalue weighted by Crippen LogP contribution is -1.91. The van der Waals surface area contributed by atoms with Gasteiger partial charge in [0.25, 0.3) is 0 Å². The second-order valence-corrected chi connectivity index (χ2v) is 7.54. The molecule has 2 aromatic heterocycles. The van der Waals surface area contributed by atoms with Crippen molar-refractivity contribution in [3.8, 4) is 11.1 Å². The maximum atomic E-state index is 4.43. The van der Waals surface area contributed by atoms with Crippen LogP contribution < -0.4 is 0 Å². The SMILES string of the molecule is C(=C\c1cc(CCc2ccc3cc[nH]c3c2)[nH]n1)/c1ccc(-c2ccccc2)cc1. The molecule has 3 aromatic carbocycles. The van der Waals surface area contributed by atoms with Crippen LogP contribution in [0.4, 0.5) is 0 Å². The van der Waals surface area contributed by atoms with Crippen molar-refractivity contribution in [3.05, 3.63) is 114 Å². The Hall–Kier alpha value is -3.85. The molecule has 5 aromatic rings. The number of aromatic nitrogens is 3. The number of rotatable bonds is 6. The summed E-state index contributed by atoms with van der Waals surface area (Å²) >= 11 is 0. The first-order valence-corrected chi connectivity index (χ1v) is 10.3. The van der Waals surface area contributed by atoms with Gasteiger partial charge in [-0.15, -0.1) is 0 Å². The lowest BCUT2D eigenvalue weighted by molar-refractivity contribution is 0.893. The van der Waals surface area contributed by atoms with Crippen molar-refractivity contribution < 1.29 is 0 Å². The summed E-state index contributed by atoms with van der Waals surface area (Å²) < 4.78 is 0. The van der Waals surface area contributed by atoms with E-state index < -0.39 is 0 Å². The van der Waals surface area contributed by atoms with Crippen LogP contribution in [0.1, 0.15) is 22.5 Å². The Labute approximate surface area is 176 Å². The summed E-state index contributed by atoms with van der Waals surface area (Å²) in [4.78, 5) is 3.28. The van der Waals surface area contributed by atoms with Gasteiger partial charge in [-0.2, -0.15) is 5.10 Å². The van der Waals surface area contributed by atoms with Gasteiger partial charge in [-0.3, -0.25) is 5.10 Å². The highest BCUT2D eigenvalue weighted by molar-refractivity contribution is 5.79. The zero-order valence-electron chi connectivity index (χ0n) is 16.7. The predicted molar refractivity (Wildman–Crippen MR) is 125 cm³/mol. The molecule has 0 saturated heterocycles. The van der Waals surface area contributed by atoms with Crippen LogP contribution in [0, 0.1) is 0 Å². The lowest BCUT2D eigenvalue weighted by atomic mass is 10.0. The van der Waals surface area contributed by atoms with Crippen LogP contribution >= 0.6 is 0 Å². The van der Waals surface area contributed by atoms with E-state index in [9.17, 15) is 0 Å². The molecular formula is C27H23N3.